The molecule has 2 N–H and O–H groups in total. The maximum atomic E-state index is 12.6. The average molecular weight is 419 g/mol. The molecule has 152 valence electrons. The molecule has 3 aromatic rings. The molecule has 1 heterocycles. The molecule has 1 aromatic heterocycles. The molecule has 0 spiro atoms. The van der Waals surface area contributed by atoms with E-state index in [0.717, 1.165) is 29.1 Å². The van der Waals surface area contributed by atoms with Crippen molar-refractivity contribution in [1.82, 2.24) is 9.97 Å². The molecule has 0 saturated heterocycles. The summed E-state index contributed by atoms with van der Waals surface area (Å²) in [5.41, 5.74) is 2.55. The van der Waals surface area contributed by atoms with Gasteiger partial charge in [-0.05, 0) is 43.7 Å². The SMILES string of the molecule is Cc1[nH]c(S[C@H](C)C(=O)Nc2ccc(C(F)(F)F)cc2)nc1Cc1ccccc1. The molecule has 0 radical (unpaired) electrons. The Morgan fingerprint density at radius 2 is 1.79 bits per heavy atom. The van der Waals surface area contributed by atoms with E-state index < -0.39 is 17.0 Å². The molecule has 1 atom stereocenters. The summed E-state index contributed by atoms with van der Waals surface area (Å²) in [6.07, 6.45) is -3.71. The molecule has 8 heteroatoms. The van der Waals surface area contributed by atoms with E-state index in [9.17, 15) is 18.0 Å². The first-order valence-electron chi connectivity index (χ1n) is 8.96. The zero-order chi connectivity index (χ0) is 21.0. The van der Waals surface area contributed by atoms with Crippen LogP contribution in [0.2, 0.25) is 0 Å². The van der Waals surface area contributed by atoms with E-state index in [-0.39, 0.29) is 5.91 Å². The summed E-state index contributed by atoms with van der Waals surface area (Å²) in [5.74, 6) is -0.312. The molecule has 0 aliphatic heterocycles. The van der Waals surface area contributed by atoms with E-state index in [1.54, 1.807) is 6.92 Å². The second kappa shape index (κ2) is 8.73. The van der Waals surface area contributed by atoms with Crippen LogP contribution in [-0.4, -0.2) is 21.1 Å². The monoisotopic (exact) mass is 419 g/mol. The summed E-state index contributed by atoms with van der Waals surface area (Å²) in [4.78, 5) is 20.1. The molecule has 0 bridgehead atoms. The van der Waals surface area contributed by atoms with Crippen LogP contribution >= 0.6 is 11.8 Å². The van der Waals surface area contributed by atoms with Gasteiger partial charge in [-0.2, -0.15) is 13.2 Å². The third-order valence-corrected chi connectivity index (χ3v) is 5.30. The Balaban J connectivity index is 1.60. The number of H-pyrrole nitrogens is 1. The Labute approximate surface area is 170 Å². The number of carbonyl (C=O) groups is 1. The van der Waals surface area contributed by atoms with Crippen molar-refractivity contribution >= 4 is 23.4 Å². The highest BCUT2D eigenvalue weighted by Gasteiger charge is 2.30. The van der Waals surface area contributed by atoms with Gasteiger partial charge in [0.1, 0.15) is 0 Å². The largest absolute Gasteiger partial charge is 0.416 e. The average Bonchev–Trinajstić information content (AvgIpc) is 3.01. The van der Waals surface area contributed by atoms with Gasteiger partial charge in [0, 0.05) is 17.8 Å². The van der Waals surface area contributed by atoms with Gasteiger partial charge in [0.15, 0.2) is 5.16 Å². The fourth-order valence-corrected chi connectivity index (χ4v) is 3.57. The molecule has 2 aromatic carbocycles. The predicted octanol–water partition coefficient (Wildman–Crippen LogP) is 5.45. The number of benzene rings is 2. The van der Waals surface area contributed by atoms with Gasteiger partial charge in [-0.15, -0.1) is 0 Å². The smallest absolute Gasteiger partial charge is 0.337 e. The highest BCUT2D eigenvalue weighted by Crippen LogP contribution is 2.30. The number of aryl methyl sites for hydroxylation is 1. The highest BCUT2D eigenvalue weighted by atomic mass is 32.2. The van der Waals surface area contributed by atoms with Crippen LogP contribution in [0, 0.1) is 6.92 Å². The van der Waals surface area contributed by atoms with Crippen LogP contribution in [0.4, 0.5) is 18.9 Å². The Hall–Kier alpha value is -2.74. The summed E-state index contributed by atoms with van der Waals surface area (Å²) in [5, 5.41) is 2.78. The van der Waals surface area contributed by atoms with Crippen molar-refractivity contribution in [3.63, 3.8) is 0 Å². The quantitative estimate of drug-likeness (QED) is 0.523. The van der Waals surface area contributed by atoms with E-state index >= 15 is 0 Å². The summed E-state index contributed by atoms with van der Waals surface area (Å²) in [6, 6.07) is 14.3. The number of anilines is 1. The normalized spacial score (nSPS) is 12.6. The van der Waals surface area contributed by atoms with Gasteiger partial charge in [-0.3, -0.25) is 4.79 Å². The fourth-order valence-electron chi connectivity index (χ4n) is 2.69. The number of carbonyl (C=O) groups excluding carboxylic acids is 1. The lowest BCUT2D eigenvalue weighted by atomic mass is 10.1. The van der Waals surface area contributed by atoms with Gasteiger partial charge in [0.2, 0.25) is 5.91 Å². The first-order valence-corrected chi connectivity index (χ1v) is 9.84. The molecule has 1 amide bonds. The van der Waals surface area contributed by atoms with Crippen LogP contribution in [0.5, 0.6) is 0 Å². The number of nitrogens with one attached hydrogen (secondary N) is 2. The molecule has 0 aliphatic rings. The maximum absolute atomic E-state index is 12.6. The topological polar surface area (TPSA) is 57.8 Å². The Bertz CT molecular complexity index is 969. The van der Waals surface area contributed by atoms with Crippen molar-refractivity contribution in [3.05, 3.63) is 77.1 Å². The molecular weight excluding hydrogens is 399 g/mol. The molecule has 0 aliphatic carbocycles. The van der Waals surface area contributed by atoms with Gasteiger partial charge in [-0.1, -0.05) is 42.1 Å². The van der Waals surface area contributed by atoms with Crippen LogP contribution in [0.1, 0.15) is 29.4 Å². The number of nitrogens with zero attached hydrogens (tertiary/aromatic N) is 1. The number of amides is 1. The summed E-state index contributed by atoms with van der Waals surface area (Å²) < 4.78 is 37.9. The minimum Gasteiger partial charge on any atom is -0.337 e. The molecule has 4 nitrogen and oxygen atoms in total. The molecular formula is C21H20F3N3OS. The molecule has 0 unspecified atom stereocenters. The van der Waals surface area contributed by atoms with Crippen molar-refractivity contribution in [2.45, 2.75) is 36.9 Å². The number of hydrogen-bond donors (Lipinski definition) is 2. The fraction of sp³-hybridized carbons (Fsp3) is 0.238. The summed E-state index contributed by atoms with van der Waals surface area (Å²) in [6.45, 7) is 3.65. The van der Waals surface area contributed by atoms with Gasteiger partial charge in [0.25, 0.3) is 0 Å². The minimum atomic E-state index is -4.40. The van der Waals surface area contributed by atoms with Crippen LogP contribution in [0.25, 0.3) is 0 Å². The van der Waals surface area contributed by atoms with Crippen LogP contribution in [-0.2, 0) is 17.4 Å². The van der Waals surface area contributed by atoms with E-state index in [1.807, 2.05) is 37.3 Å². The van der Waals surface area contributed by atoms with E-state index in [0.29, 0.717) is 17.3 Å². The highest BCUT2D eigenvalue weighted by molar-refractivity contribution is 8.00. The van der Waals surface area contributed by atoms with E-state index in [1.165, 1.54) is 23.9 Å². The van der Waals surface area contributed by atoms with Gasteiger partial charge >= 0.3 is 6.18 Å². The number of thioether (sulfide) groups is 1. The first-order chi connectivity index (χ1) is 13.7. The molecule has 0 saturated carbocycles. The van der Waals surface area contributed by atoms with Crippen molar-refractivity contribution in [2.24, 2.45) is 0 Å². The molecule has 3 rings (SSSR count). The lowest BCUT2D eigenvalue weighted by Crippen LogP contribution is -2.22. The molecule has 29 heavy (non-hydrogen) atoms. The number of rotatable bonds is 6. The van der Waals surface area contributed by atoms with Crippen molar-refractivity contribution in [2.75, 3.05) is 5.32 Å². The second-order valence-electron chi connectivity index (χ2n) is 6.60. The van der Waals surface area contributed by atoms with Gasteiger partial charge in [-0.25, -0.2) is 4.98 Å². The number of hydrogen-bond acceptors (Lipinski definition) is 3. The molecule has 0 fully saturated rings. The first kappa shape index (κ1) is 21.0. The van der Waals surface area contributed by atoms with Crippen molar-refractivity contribution < 1.29 is 18.0 Å². The van der Waals surface area contributed by atoms with Gasteiger partial charge in [0.05, 0.1) is 16.5 Å². The van der Waals surface area contributed by atoms with Crippen molar-refractivity contribution in [1.29, 1.82) is 0 Å². The standard InChI is InChI=1S/C21H20F3N3OS/c1-13-18(12-15-6-4-3-5-7-15)27-20(25-13)29-14(2)19(28)26-17-10-8-16(9-11-17)21(22,23)24/h3-11,14H,12H2,1-2H3,(H,25,27)(H,26,28)/t14-/m1/s1. The Morgan fingerprint density at radius 1 is 1.14 bits per heavy atom. The van der Waals surface area contributed by atoms with E-state index in [4.69, 9.17) is 0 Å². The Kier molecular flexibility index (Phi) is 6.32. The Morgan fingerprint density at radius 3 is 2.41 bits per heavy atom. The second-order valence-corrected chi connectivity index (χ2v) is 7.93. The summed E-state index contributed by atoms with van der Waals surface area (Å²) >= 11 is 1.27. The minimum absolute atomic E-state index is 0.312. The van der Waals surface area contributed by atoms with Crippen LogP contribution in [0.15, 0.2) is 59.8 Å². The number of aromatic nitrogens is 2. The lowest BCUT2D eigenvalue weighted by molar-refractivity contribution is -0.137. The number of alkyl halides is 3. The van der Waals surface area contributed by atoms with Crippen LogP contribution < -0.4 is 5.32 Å². The zero-order valence-electron chi connectivity index (χ0n) is 15.9. The number of aromatic amines is 1. The number of imidazole rings is 1. The predicted molar refractivity (Wildman–Crippen MR) is 108 cm³/mol. The van der Waals surface area contributed by atoms with Crippen LogP contribution in [0.3, 0.4) is 0 Å². The summed E-state index contributed by atoms with van der Waals surface area (Å²) in [7, 11) is 0. The zero-order valence-corrected chi connectivity index (χ0v) is 16.7. The third-order valence-electron chi connectivity index (χ3n) is 4.32. The van der Waals surface area contributed by atoms with E-state index in [2.05, 4.69) is 15.3 Å². The van der Waals surface area contributed by atoms with Gasteiger partial charge < -0.3 is 10.3 Å². The maximum Gasteiger partial charge on any atom is 0.416 e. The number of halogens is 3. The third kappa shape index (κ3) is 5.63. The lowest BCUT2D eigenvalue weighted by Gasteiger charge is -2.12. The van der Waals surface area contributed by atoms with Crippen molar-refractivity contribution in [3.8, 4) is 0 Å².